The van der Waals surface area contributed by atoms with Crippen LogP contribution < -0.4 is 0 Å². The van der Waals surface area contributed by atoms with Gasteiger partial charge >= 0.3 is 0 Å². The van der Waals surface area contributed by atoms with Crippen LogP contribution in [0.1, 0.15) is 32.6 Å². The molecule has 1 spiro atoms. The molecule has 0 radical (unpaired) electrons. The minimum absolute atomic E-state index is 0.0278. The molecule has 4 fully saturated rings. The number of fused-ring (bicyclic) bond motifs is 3. The molecule has 1 aliphatic carbocycles. The van der Waals surface area contributed by atoms with Crippen LogP contribution in [0.5, 0.6) is 0 Å². The lowest BCUT2D eigenvalue weighted by Crippen LogP contribution is -2.49. The van der Waals surface area contributed by atoms with Crippen molar-refractivity contribution in [2.45, 2.75) is 68.7 Å². The lowest BCUT2D eigenvalue weighted by molar-refractivity contribution is -0.163. The van der Waals surface area contributed by atoms with Gasteiger partial charge in [-0.1, -0.05) is 0 Å². The summed E-state index contributed by atoms with van der Waals surface area (Å²) in [6.07, 6.45) is 6.43. The largest absolute Gasteiger partial charge is 0.369 e. The fraction of sp³-hybridized carbons (Fsp3) is 1.00. The average Bonchev–Trinajstić information content (AvgIpc) is 2.81. The van der Waals surface area contributed by atoms with Gasteiger partial charge in [0.25, 0.3) is 0 Å². The molecule has 1 saturated carbocycles. The van der Waals surface area contributed by atoms with Gasteiger partial charge in [-0.3, -0.25) is 0 Å². The molecule has 1 unspecified atom stereocenters. The Kier molecular flexibility index (Phi) is 1.35. The van der Waals surface area contributed by atoms with Crippen molar-refractivity contribution in [3.8, 4) is 0 Å². The highest BCUT2D eigenvalue weighted by molar-refractivity contribution is 5.14. The summed E-state index contributed by atoms with van der Waals surface area (Å²) in [5.41, 5.74) is 0.0278. The van der Waals surface area contributed by atoms with E-state index in [9.17, 15) is 0 Å². The van der Waals surface area contributed by atoms with Crippen molar-refractivity contribution >= 4 is 0 Å². The highest BCUT2D eigenvalue weighted by Crippen LogP contribution is 2.55. The summed E-state index contributed by atoms with van der Waals surface area (Å²) >= 11 is 0. The first-order valence-corrected chi connectivity index (χ1v) is 5.76. The predicted molar refractivity (Wildman–Crippen MR) is 49.1 cm³/mol. The zero-order valence-corrected chi connectivity index (χ0v) is 8.44. The summed E-state index contributed by atoms with van der Waals surface area (Å²) in [5.74, 6) is 0. The van der Waals surface area contributed by atoms with E-state index in [0.717, 1.165) is 19.3 Å². The minimum Gasteiger partial charge on any atom is -0.369 e. The van der Waals surface area contributed by atoms with Crippen molar-refractivity contribution in [2.24, 2.45) is 0 Å². The number of ether oxygens (including phenoxy) is 3. The highest BCUT2D eigenvalue weighted by atomic mass is 16.6. The maximum absolute atomic E-state index is 6.16. The summed E-state index contributed by atoms with van der Waals surface area (Å²) < 4.78 is 17.8. The molecular formula is C11H16O3. The summed E-state index contributed by atoms with van der Waals surface area (Å²) in [7, 11) is 0. The van der Waals surface area contributed by atoms with Gasteiger partial charge in [-0.25, -0.2) is 0 Å². The second-order valence-corrected chi connectivity index (χ2v) is 5.28. The zero-order valence-electron chi connectivity index (χ0n) is 8.44. The molecular weight excluding hydrogens is 180 g/mol. The molecule has 3 heterocycles. The van der Waals surface area contributed by atoms with Crippen molar-refractivity contribution < 1.29 is 14.2 Å². The molecule has 0 amide bonds. The molecule has 4 rings (SSSR count). The summed E-state index contributed by atoms with van der Waals surface area (Å²) in [6.45, 7) is 2.18. The van der Waals surface area contributed by atoms with Crippen LogP contribution in [0.2, 0.25) is 0 Å². The summed E-state index contributed by atoms with van der Waals surface area (Å²) in [5, 5.41) is 0. The first-order valence-electron chi connectivity index (χ1n) is 5.76. The normalized spacial score (nSPS) is 64.5. The van der Waals surface area contributed by atoms with Gasteiger partial charge < -0.3 is 14.2 Å². The average molecular weight is 196 g/mol. The van der Waals surface area contributed by atoms with Crippen LogP contribution in [-0.4, -0.2) is 36.1 Å². The van der Waals surface area contributed by atoms with Crippen LogP contribution in [-0.2, 0) is 14.2 Å². The van der Waals surface area contributed by atoms with Gasteiger partial charge in [0.15, 0.2) is 0 Å². The van der Waals surface area contributed by atoms with Crippen molar-refractivity contribution in [3.05, 3.63) is 0 Å². The van der Waals surface area contributed by atoms with E-state index in [2.05, 4.69) is 6.92 Å². The van der Waals surface area contributed by atoms with Crippen LogP contribution in [0.25, 0.3) is 0 Å². The van der Waals surface area contributed by atoms with Crippen LogP contribution in [0.15, 0.2) is 0 Å². The SMILES string of the molecule is C[C@H]1CC[C@@H]2O[C@@H]3C[C@]2(C[C@H]2OC23)O1. The monoisotopic (exact) mass is 196 g/mol. The van der Waals surface area contributed by atoms with E-state index in [0.29, 0.717) is 30.5 Å². The number of epoxide rings is 1. The van der Waals surface area contributed by atoms with E-state index >= 15 is 0 Å². The third kappa shape index (κ3) is 0.884. The number of rotatable bonds is 0. The first-order chi connectivity index (χ1) is 6.77. The maximum atomic E-state index is 6.16. The van der Waals surface area contributed by atoms with Gasteiger partial charge in [-0.2, -0.15) is 0 Å². The standard InChI is InChI=1S/C11H16O3/c1-6-2-3-9-11(14-6)4-7(12-9)10-8(5-11)13-10/h6-10H,2-5H2,1H3/t6-,7+,8+,9-,10?,11+/m0/s1. The molecule has 78 valence electrons. The van der Waals surface area contributed by atoms with Gasteiger partial charge in [0.05, 0.1) is 30.0 Å². The minimum atomic E-state index is 0.0278. The third-order valence-electron chi connectivity index (χ3n) is 4.28. The highest BCUT2D eigenvalue weighted by Gasteiger charge is 2.66. The Morgan fingerprint density at radius 1 is 1.07 bits per heavy atom. The van der Waals surface area contributed by atoms with E-state index in [4.69, 9.17) is 14.2 Å². The third-order valence-corrected chi connectivity index (χ3v) is 4.28. The lowest BCUT2D eigenvalue weighted by Gasteiger charge is -2.41. The predicted octanol–water partition coefficient (Wildman–Crippen LogP) is 1.25. The Balaban J connectivity index is 1.69. The molecule has 6 atom stereocenters. The Labute approximate surface area is 83.7 Å². The fourth-order valence-electron chi connectivity index (χ4n) is 3.60. The zero-order chi connectivity index (χ0) is 9.34. The second kappa shape index (κ2) is 2.34. The summed E-state index contributed by atoms with van der Waals surface area (Å²) in [6, 6.07) is 0. The molecule has 0 aromatic carbocycles. The molecule has 3 aliphatic heterocycles. The van der Waals surface area contributed by atoms with Crippen molar-refractivity contribution in [3.63, 3.8) is 0 Å². The van der Waals surface area contributed by atoms with Gasteiger partial charge in [0.2, 0.25) is 0 Å². The maximum Gasteiger partial charge on any atom is 0.110 e. The molecule has 3 nitrogen and oxygen atoms in total. The Morgan fingerprint density at radius 3 is 2.71 bits per heavy atom. The quantitative estimate of drug-likeness (QED) is 0.546. The number of hydrogen-bond acceptors (Lipinski definition) is 3. The van der Waals surface area contributed by atoms with Gasteiger partial charge in [-0.15, -0.1) is 0 Å². The molecule has 3 heteroatoms. The Morgan fingerprint density at radius 2 is 1.86 bits per heavy atom. The van der Waals surface area contributed by atoms with Crippen molar-refractivity contribution in [1.29, 1.82) is 0 Å². The van der Waals surface area contributed by atoms with Gasteiger partial charge in [0.1, 0.15) is 6.10 Å². The van der Waals surface area contributed by atoms with E-state index in [-0.39, 0.29) is 5.60 Å². The molecule has 4 aliphatic rings. The molecule has 0 aromatic rings. The van der Waals surface area contributed by atoms with Crippen molar-refractivity contribution in [2.75, 3.05) is 0 Å². The van der Waals surface area contributed by atoms with Crippen molar-refractivity contribution in [1.82, 2.24) is 0 Å². The molecule has 2 bridgehead atoms. The van der Waals surface area contributed by atoms with Gasteiger partial charge in [-0.05, 0) is 19.8 Å². The topological polar surface area (TPSA) is 31.0 Å². The summed E-state index contributed by atoms with van der Waals surface area (Å²) in [4.78, 5) is 0. The van der Waals surface area contributed by atoms with Crippen LogP contribution >= 0.6 is 0 Å². The Bertz CT molecular complexity index is 270. The van der Waals surface area contributed by atoms with Crippen LogP contribution in [0.3, 0.4) is 0 Å². The van der Waals surface area contributed by atoms with E-state index in [1.807, 2.05) is 0 Å². The van der Waals surface area contributed by atoms with Gasteiger partial charge in [0, 0.05) is 12.8 Å². The van der Waals surface area contributed by atoms with E-state index in [1.165, 1.54) is 6.42 Å². The molecule has 14 heavy (non-hydrogen) atoms. The van der Waals surface area contributed by atoms with Crippen LogP contribution in [0.4, 0.5) is 0 Å². The molecule has 3 saturated heterocycles. The number of hydrogen-bond donors (Lipinski definition) is 0. The smallest absolute Gasteiger partial charge is 0.110 e. The fourth-order valence-corrected chi connectivity index (χ4v) is 3.60. The lowest BCUT2D eigenvalue weighted by atomic mass is 9.79. The first kappa shape index (κ1) is 8.08. The van der Waals surface area contributed by atoms with Crippen LogP contribution in [0, 0.1) is 0 Å². The van der Waals surface area contributed by atoms with E-state index < -0.39 is 0 Å². The molecule has 0 N–H and O–H groups in total. The molecule has 0 aromatic heterocycles. The van der Waals surface area contributed by atoms with E-state index in [1.54, 1.807) is 0 Å². The second-order valence-electron chi connectivity index (χ2n) is 5.28. The Hall–Kier alpha value is -0.120.